The molecule has 0 atom stereocenters. The van der Waals surface area contributed by atoms with E-state index in [-0.39, 0.29) is 0 Å². The quantitative estimate of drug-likeness (QED) is 0.468. The molecule has 2 heterocycles. The smallest absolute Gasteiger partial charge is 0.256 e. The Bertz CT molecular complexity index is 559. The van der Waals surface area contributed by atoms with Crippen LogP contribution in [-0.4, -0.2) is 51.2 Å². The first-order valence-corrected chi connectivity index (χ1v) is 6.31. The lowest BCUT2D eigenvalue weighted by atomic mass is 10.5. The summed E-state index contributed by atoms with van der Waals surface area (Å²) < 4.78 is 1.65. The zero-order chi connectivity index (χ0) is 12.4. The van der Waals surface area contributed by atoms with Crippen LogP contribution in [0.25, 0.3) is 5.65 Å². The number of hydrogen-bond acceptors (Lipinski definition) is 5. The summed E-state index contributed by atoms with van der Waals surface area (Å²) in [4.78, 5) is 14.8. The van der Waals surface area contributed by atoms with Crippen LogP contribution in [0.2, 0.25) is 0 Å². The summed E-state index contributed by atoms with van der Waals surface area (Å²) in [7, 11) is 3.82. The maximum absolute atomic E-state index is 4.37. The summed E-state index contributed by atoms with van der Waals surface area (Å²) in [6.07, 6.45) is 3.64. The Balaban J connectivity index is 2.58. The van der Waals surface area contributed by atoms with Crippen LogP contribution in [0, 0.1) is 6.92 Å². The third-order valence-corrected chi connectivity index (χ3v) is 2.54. The topological polar surface area (TPSA) is 58.7 Å². The van der Waals surface area contributed by atoms with Gasteiger partial charge in [0.25, 0.3) is 5.95 Å². The van der Waals surface area contributed by atoms with Crippen LogP contribution in [0.3, 0.4) is 0 Å². The number of fused-ring (bicyclic) bond motifs is 1. The van der Waals surface area contributed by atoms with Gasteiger partial charge < -0.3 is 4.90 Å². The monoisotopic (exact) mass is 250 g/mol. The van der Waals surface area contributed by atoms with Crippen LogP contribution in [0.15, 0.2) is 16.2 Å². The normalized spacial score (nSPS) is 11.5. The Morgan fingerprint density at radius 1 is 1.41 bits per heavy atom. The van der Waals surface area contributed by atoms with Crippen LogP contribution in [-0.2, 0) is 0 Å². The molecule has 0 spiro atoms. The summed E-state index contributed by atoms with van der Waals surface area (Å²) in [6, 6.07) is 1.91. The second-order valence-corrected chi connectivity index (χ2v) is 4.55. The fourth-order valence-electron chi connectivity index (χ4n) is 1.31. The highest BCUT2D eigenvalue weighted by Crippen LogP contribution is 2.17. The van der Waals surface area contributed by atoms with Crippen molar-refractivity contribution in [1.29, 1.82) is 0 Å². The predicted molar refractivity (Wildman–Crippen MR) is 69.1 cm³/mol. The summed E-state index contributed by atoms with van der Waals surface area (Å²) >= 11 is 1.49. The van der Waals surface area contributed by atoms with Crippen molar-refractivity contribution in [2.75, 3.05) is 20.4 Å². The van der Waals surface area contributed by atoms with E-state index in [1.807, 2.05) is 38.2 Å². The van der Waals surface area contributed by atoms with Gasteiger partial charge in [-0.05, 0) is 13.2 Å². The molecule has 0 saturated carbocycles. The van der Waals surface area contributed by atoms with Gasteiger partial charge in [-0.25, -0.2) is 9.98 Å². The number of hydrogen-bond donors (Lipinski definition) is 0. The van der Waals surface area contributed by atoms with Crippen LogP contribution in [0.4, 0.5) is 5.95 Å². The number of nitrogens with zero attached hydrogens (tertiary/aromatic N) is 6. The van der Waals surface area contributed by atoms with Gasteiger partial charge in [0.2, 0.25) is 0 Å². The van der Waals surface area contributed by atoms with Gasteiger partial charge in [0.05, 0.1) is 12.0 Å². The van der Waals surface area contributed by atoms with Crippen molar-refractivity contribution in [2.24, 2.45) is 4.99 Å². The molecule has 0 aliphatic rings. The van der Waals surface area contributed by atoms with Crippen LogP contribution in [0.1, 0.15) is 5.69 Å². The largest absolute Gasteiger partial charge is 0.369 e. The molecule has 2 aromatic heterocycles. The first kappa shape index (κ1) is 11.8. The Kier molecular flexibility index (Phi) is 3.28. The summed E-state index contributed by atoms with van der Waals surface area (Å²) in [6.45, 7) is 1.92. The Labute approximate surface area is 104 Å². The molecule has 0 N–H and O–H groups in total. The van der Waals surface area contributed by atoms with Gasteiger partial charge in [-0.1, -0.05) is 11.8 Å². The molecule has 17 heavy (non-hydrogen) atoms. The minimum Gasteiger partial charge on any atom is -0.369 e. The molecule has 0 amide bonds. The maximum atomic E-state index is 4.37. The molecule has 0 aliphatic heterocycles. The van der Waals surface area contributed by atoms with E-state index in [4.69, 9.17) is 0 Å². The van der Waals surface area contributed by atoms with Crippen LogP contribution >= 0.6 is 11.8 Å². The minimum atomic E-state index is 0.543. The van der Waals surface area contributed by atoms with E-state index in [9.17, 15) is 0 Å². The first-order chi connectivity index (χ1) is 8.10. The molecule has 0 aliphatic carbocycles. The number of aryl methyl sites for hydroxylation is 1. The van der Waals surface area contributed by atoms with E-state index >= 15 is 0 Å². The highest BCUT2D eigenvalue weighted by Gasteiger charge is 2.08. The lowest BCUT2D eigenvalue weighted by Gasteiger charge is -2.04. The zero-order valence-electron chi connectivity index (χ0n) is 10.2. The number of rotatable bonds is 3. The van der Waals surface area contributed by atoms with E-state index in [1.54, 1.807) is 10.9 Å². The van der Waals surface area contributed by atoms with Crippen LogP contribution < -0.4 is 0 Å². The third-order valence-electron chi connectivity index (χ3n) is 1.99. The second kappa shape index (κ2) is 4.70. The van der Waals surface area contributed by atoms with E-state index < -0.39 is 0 Å². The molecule has 7 heteroatoms. The Hall–Kier alpha value is -1.63. The standard InChI is InChI=1S/C10H14N6S/c1-7-5-8-12-10(17-4)13-9(16(8)14-7)11-6-15(2)3/h5-6H,1-4H3. The zero-order valence-corrected chi connectivity index (χ0v) is 11.1. The molecular formula is C10H14N6S. The fraction of sp³-hybridized carbons (Fsp3) is 0.400. The van der Waals surface area contributed by atoms with Gasteiger partial charge in [-0.3, -0.25) is 0 Å². The highest BCUT2D eigenvalue weighted by atomic mass is 32.2. The lowest BCUT2D eigenvalue weighted by molar-refractivity contribution is 0.641. The predicted octanol–water partition coefficient (Wildman–Crippen LogP) is 1.38. The van der Waals surface area contributed by atoms with Gasteiger partial charge >= 0.3 is 0 Å². The van der Waals surface area contributed by atoms with Crippen molar-refractivity contribution in [3.63, 3.8) is 0 Å². The molecule has 6 nitrogen and oxygen atoms in total. The molecule has 0 saturated heterocycles. The maximum Gasteiger partial charge on any atom is 0.256 e. The lowest BCUT2D eigenvalue weighted by Crippen LogP contribution is -2.08. The molecule has 0 radical (unpaired) electrons. The van der Waals surface area contributed by atoms with Gasteiger partial charge in [0.15, 0.2) is 10.8 Å². The average Bonchev–Trinajstić information content (AvgIpc) is 2.65. The SMILES string of the molecule is CSc1nc(N=CN(C)C)n2nc(C)cc2n1. The molecule has 0 bridgehead atoms. The van der Waals surface area contributed by atoms with Crippen molar-refractivity contribution in [1.82, 2.24) is 24.5 Å². The number of thioether (sulfide) groups is 1. The van der Waals surface area contributed by atoms with Gasteiger partial charge in [0, 0.05) is 20.2 Å². The van der Waals surface area contributed by atoms with Crippen molar-refractivity contribution in [3.05, 3.63) is 11.8 Å². The van der Waals surface area contributed by atoms with Crippen molar-refractivity contribution in [2.45, 2.75) is 12.1 Å². The summed E-state index contributed by atoms with van der Waals surface area (Å²) in [5.41, 5.74) is 1.67. The van der Waals surface area contributed by atoms with Gasteiger partial charge in [-0.15, -0.1) is 0 Å². The number of aliphatic imine (C=N–C) groups is 1. The van der Waals surface area contributed by atoms with Crippen molar-refractivity contribution in [3.8, 4) is 0 Å². The number of aromatic nitrogens is 4. The molecule has 2 rings (SSSR count). The fourth-order valence-corrected chi connectivity index (χ4v) is 1.67. The second-order valence-electron chi connectivity index (χ2n) is 3.77. The van der Waals surface area contributed by atoms with E-state index in [2.05, 4.69) is 20.1 Å². The average molecular weight is 250 g/mol. The minimum absolute atomic E-state index is 0.543. The van der Waals surface area contributed by atoms with Gasteiger partial charge in [-0.2, -0.15) is 14.6 Å². The van der Waals surface area contributed by atoms with Gasteiger partial charge in [0.1, 0.15) is 0 Å². The van der Waals surface area contributed by atoms with E-state index in [1.165, 1.54) is 11.8 Å². The molecule has 0 unspecified atom stereocenters. The Morgan fingerprint density at radius 2 is 2.18 bits per heavy atom. The van der Waals surface area contributed by atoms with Crippen molar-refractivity contribution < 1.29 is 0 Å². The van der Waals surface area contributed by atoms with Crippen molar-refractivity contribution >= 4 is 29.7 Å². The first-order valence-electron chi connectivity index (χ1n) is 5.09. The molecular weight excluding hydrogens is 236 g/mol. The third kappa shape index (κ3) is 2.55. The Morgan fingerprint density at radius 3 is 2.82 bits per heavy atom. The molecule has 0 fully saturated rings. The van der Waals surface area contributed by atoms with E-state index in [0.717, 1.165) is 11.3 Å². The summed E-state index contributed by atoms with van der Waals surface area (Å²) in [5.74, 6) is 0.543. The molecule has 90 valence electrons. The van der Waals surface area contributed by atoms with Crippen LogP contribution in [0.5, 0.6) is 0 Å². The molecule has 0 aromatic carbocycles. The highest BCUT2D eigenvalue weighted by molar-refractivity contribution is 7.98. The molecule has 2 aromatic rings. The summed E-state index contributed by atoms with van der Waals surface area (Å²) in [5, 5.41) is 5.01. The van der Waals surface area contributed by atoms with E-state index in [0.29, 0.717) is 11.1 Å².